The highest BCUT2D eigenvalue weighted by atomic mass is 19.1. The van der Waals surface area contributed by atoms with Crippen molar-refractivity contribution in [3.8, 4) is 0 Å². The van der Waals surface area contributed by atoms with E-state index in [0.29, 0.717) is 35.9 Å². The van der Waals surface area contributed by atoms with Crippen molar-refractivity contribution in [3.05, 3.63) is 42.2 Å². The Balaban J connectivity index is 1.13. The van der Waals surface area contributed by atoms with E-state index < -0.39 is 11.7 Å². The van der Waals surface area contributed by atoms with Crippen LogP contribution in [0.1, 0.15) is 81.1 Å². The number of carbonyl (C=O) groups excluding carboxylic acids is 2. The van der Waals surface area contributed by atoms with Gasteiger partial charge in [-0.1, -0.05) is 12.8 Å². The summed E-state index contributed by atoms with van der Waals surface area (Å²) in [5, 5.41) is 17.6. The number of aromatic nitrogens is 4. The number of amides is 2. The van der Waals surface area contributed by atoms with E-state index in [9.17, 15) is 14.0 Å². The second-order valence-corrected chi connectivity index (χ2v) is 11.2. The second kappa shape index (κ2) is 11.2. The van der Waals surface area contributed by atoms with E-state index in [1.165, 1.54) is 35.8 Å². The molecule has 0 aromatic carbocycles. The molecule has 0 aliphatic heterocycles. The van der Waals surface area contributed by atoms with Gasteiger partial charge in [-0.3, -0.25) is 14.6 Å². The van der Waals surface area contributed by atoms with Gasteiger partial charge in [0.1, 0.15) is 5.82 Å². The first-order valence-electron chi connectivity index (χ1n) is 14.1. The summed E-state index contributed by atoms with van der Waals surface area (Å²) in [7, 11) is 0. The Morgan fingerprint density at radius 1 is 0.923 bits per heavy atom. The van der Waals surface area contributed by atoms with Gasteiger partial charge in [-0.15, -0.1) is 5.10 Å². The van der Waals surface area contributed by atoms with Gasteiger partial charge >= 0.3 is 0 Å². The molecule has 3 fully saturated rings. The van der Waals surface area contributed by atoms with Crippen molar-refractivity contribution in [2.24, 2.45) is 5.92 Å². The minimum absolute atomic E-state index is 0.0456. The molecule has 39 heavy (non-hydrogen) atoms. The van der Waals surface area contributed by atoms with E-state index in [1.54, 1.807) is 0 Å². The molecule has 3 aromatic rings. The van der Waals surface area contributed by atoms with Gasteiger partial charge in [-0.25, -0.2) is 13.9 Å². The van der Waals surface area contributed by atoms with Gasteiger partial charge in [0, 0.05) is 36.8 Å². The maximum absolute atomic E-state index is 14.1. The Kier molecular flexibility index (Phi) is 7.30. The van der Waals surface area contributed by atoms with Crippen molar-refractivity contribution < 1.29 is 14.0 Å². The van der Waals surface area contributed by atoms with Gasteiger partial charge < -0.3 is 21.3 Å². The van der Waals surface area contributed by atoms with Crippen LogP contribution in [0.15, 0.2) is 30.7 Å². The third-order valence-corrected chi connectivity index (χ3v) is 8.05. The number of imidazole rings is 1. The average Bonchev–Trinajstić information content (AvgIpc) is 3.39. The summed E-state index contributed by atoms with van der Waals surface area (Å²) < 4.78 is 15.6. The fourth-order valence-corrected chi connectivity index (χ4v) is 5.75. The fraction of sp³-hybridized carbons (Fsp3) is 0.536. The lowest BCUT2D eigenvalue weighted by Crippen LogP contribution is -2.35. The summed E-state index contributed by atoms with van der Waals surface area (Å²) >= 11 is 0. The van der Waals surface area contributed by atoms with Crippen LogP contribution in [0.3, 0.4) is 0 Å². The van der Waals surface area contributed by atoms with Gasteiger partial charge in [0.25, 0.3) is 5.91 Å². The van der Waals surface area contributed by atoms with E-state index in [1.807, 2.05) is 6.07 Å². The van der Waals surface area contributed by atoms with E-state index in [0.717, 1.165) is 63.3 Å². The van der Waals surface area contributed by atoms with Crippen molar-refractivity contribution in [3.63, 3.8) is 0 Å². The molecule has 0 unspecified atom stereocenters. The Bertz CT molecular complexity index is 1340. The zero-order valence-electron chi connectivity index (χ0n) is 22.0. The molecule has 3 aromatic heterocycles. The highest BCUT2D eigenvalue weighted by Gasteiger charge is 2.27. The molecule has 3 heterocycles. The summed E-state index contributed by atoms with van der Waals surface area (Å²) in [4.78, 5) is 33.7. The number of hydrogen-bond acceptors (Lipinski definition) is 7. The maximum atomic E-state index is 14.1. The molecular formula is C28H35FN8O2. The van der Waals surface area contributed by atoms with Crippen molar-refractivity contribution in [2.75, 3.05) is 16.0 Å². The topological polar surface area (TPSA) is 125 Å². The SMILES string of the molecule is O=C(CC1CCC(Nc2cc(NC3CC3)c3ncc(C(=O)Nc4ccncc4F)n3n2)CC1)NC1CCCC1. The molecule has 0 radical (unpaired) electrons. The maximum Gasteiger partial charge on any atom is 0.276 e. The first kappa shape index (κ1) is 25.5. The largest absolute Gasteiger partial charge is 0.379 e. The van der Waals surface area contributed by atoms with Crippen LogP contribution in [0.4, 0.5) is 21.6 Å². The van der Waals surface area contributed by atoms with Crippen LogP contribution in [-0.2, 0) is 4.79 Å². The molecule has 0 atom stereocenters. The summed E-state index contributed by atoms with van der Waals surface area (Å²) in [5.41, 5.74) is 1.61. The third kappa shape index (κ3) is 6.12. The lowest BCUT2D eigenvalue weighted by Gasteiger charge is -2.29. The van der Waals surface area contributed by atoms with Crippen LogP contribution in [0.25, 0.3) is 5.65 Å². The smallest absolute Gasteiger partial charge is 0.276 e. The molecule has 206 valence electrons. The van der Waals surface area contributed by atoms with Crippen LogP contribution < -0.4 is 21.3 Å². The van der Waals surface area contributed by atoms with Crippen molar-refractivity contribution in [2.45, 2.75) is 88.8 Å². The highest BCUT2D eigenvalue weighted by Crippen LogP contribution is 2.32. The van der Waals surface area contributed by atoms with Gasteiger partial charge in [0.2, 0.25) is 5.91 Å². The zero-order valence-corrected chi connectivity index (χ0v) is 22.0. The van der Waals surface area contributed by atoms with Crippen molar-refractivity contribution in [1.29, 1.82) is 0 Å². The van der Waals surface area contributed by atoms with Crippen LogP contribution in [0.2, 0.25) is 0 Å². The van der Waals surface area contributed by atoms with E-state index in [2.05, 4.69) is 31.2 Å². The number of carbonyl (C=O) groups is 2. The number of rotatable bonds is 9. The van der Waals surface area contributed by atoms with E-state index >= 15 is 0 Å². The number of halogens is 1. The molecule has 0 spiro atoms. The summed E-state index contributed by atoms with van der Waals surface area (Å²) in [6, 6.07) is 4.34. The van der Waals surface area contributed by atoms with Crippen LogP contribution >= 0.6 is 0 Å². The number of nitrogens with one attached hydrogen (secondary N) is 4. The molecule has 0 bridgehead atoms. The van der Waals surface area contributed by atoms with Gasteiger partial charge in [0.15, 0.2) is 17.2 Å². The average molecular weight is 535 g/mol. The number of pyridine rings is 1. The Morgan fingerprint density at radius 2 is 1.67 bits per heavy atom. The van der Waals surface area contributed by atoms with Crippen molar-refractivity contribution >= 4 is 34.7 Å². The number of fused-ring (bicyclic) bond motifs is 1. The second-order valence-electron chi connectivity index (χ2n) is 11.2. The standard InChI is InChI=1S/C28H35FN8O2/c29-21-15-30-12-11-22(21)35-28(39)24-16-31-27-23(32-19-9-10-19)14-25(36-37(24)27)33-20-7-5-17(6-8-20)13-26(38)34-18-3-1-2-4-18/h11-12,14-20,32H,1-10,13H2,(H,33,36)(H,34,38)(H,30,35,39). The predicted molar refractivity (Wildman–Crippen MR) is 146 cm³/mol. The molecule has 2 amide bonds. The molecular weight excluding hydrogens is 499 g/mol. The fourth-order valence-electron chi connectivity index (χ4n) is 5.75. The van der Waals surface area contributed by atoms with Crippen LogP contribution in [0.5, 0.6) is 0 Å². The molecule has 6 rings (SSSR count). The normalized spacial score (nSPS) is 21.6. The van der Waals surface area contributed by atoms with Gasteiger partial charge in [-0.2, -0.15) is 0 Å². The van der Waals surface area contributed by atoms with E-state index in [-0.39, 0.29) is 23.3 Å². The van der Waals surface area contributed by atoms with Crippen molar-refractivity contribution in [1.82, 2.24) is 24.9 Å². The lowest BCUT2D eigenvalue weighted by molar-refractivity contribution is -0.122. The Labute approximate surface area is 226 Å². The molecule has 11 heteroatoms. The Hall–Kier alpha value is -3.76. The third-order valence-electron chi connectivity index (χ3n) is 8.05. The summed E-state index contributed by atoms with van der Waals surface area (Å²) in [6.07, 6.45) is 15.2. The number of anilines is 3. The highest BCUT2D eigenvalue weighted by molar-refractivity contribution is 6.03. The molecule has 4 N–H and O–H groups in total. The van der Waals surface area contributed by atoms with E-state index in [4.69, 9.17) is 5.10 Å². The molecule has 3 aliphatic carbocycles. The first-order chi connectivity index (χ1) is 19.0. The monoisotopic (exact) mass is 534 g/mol. The molecule has 0 saturated heterocycles. The molecule has 3 aliphatic rings. The minimum atomic E-state index is -0.613. The summed E-state index contributed by atoms with van der Waals surface area (Å²) in [6.45, 7) is 0. The number of nitrogens with zero attached hydrogens (tertiary/aromatic N) is 4. The first-order valence-corrected chi connectivity index (χ1v) is 14.1. The predicted octanol–water partition coefficient (Wildman–Crippen LogP) is 4.51. The molecule has 3 saturated carbocycles. The number of hydrogen-bond donors (Lipinski definition) is 4. The molecule has 10 nitrogen and oxygen atoms in total. The Morgan fingerprint density at radius 3 is 2.41 bits per heavy atom. The lowest BCUT2D eigenvalue weighted by atomic mass is 9.84. The van der Waals surface area contributed by atoms with Gasteiger partial charge in [-0.05, 0) is 63.4 Å². The quantitative estimate of drug-likeness (QED) is 0.318. The van der Waals surface area contributed by atoms with Gasteiger partial charge in [0.05, 0.1) is 23.8 Å². The van der Waals surface area contributed by atoms with Crippen LogP contribution in [-0.4, -0.2) is 49.5 Å². The van der Waals surface area contributed by atoms with Crippen LogP contribution in [0, 0.1) is 11.7 Å². The minimum Gasteiger partial charge on any atom is -0.379 e. The summed E-state index contributed by atoms with van der Waals surface area (Å²) in [5.74, 6) is 0.127. The zero-order chi connectivity index (χ0) is 26.8.